The van der Waals surface area contributed by atoms with Crippen molar-refractivity contribution in [2.24, 2.45) is 5.92 Å². The highest BCUT2D eigenvalue weighted by molar-refractivity contribution is 5.98. The number of carbonyl (C=O) groups excluding carboxylic acids is 1. The minimum atomic E-state index is -0.414. The molecule has 5 heteroatoms. The van der Waals surface area contributed by atoms with Gasteiger partial charge in [-0.2, -0.15) is 0 Å². The molecule has 1 aliphatic rings. The maximum absolute atomic E-state index is 12.6. The van der Waals surface area contributed by atoms with Crippen LogP contribution in [0.25, 0.3) is 10.9 Å². The largest absolute Gasteiger partial charge is 0.494 e. The van der Waals surface area contributed by atoms with Crippen LogP contribution in [-0.2, 0) is 0 Å². The molecule has 1 aromatic carbocycles. The van der Waals surface area contributed by atoms with Gasteiger partial charge in [0.1, 0.15) is 11.4 Å². The maximum atomic E-state index is 12.6. The summed E-state index contributed by atoms with van der Waals surface area (Å²) in [5, 5.41) is 11.0. The van der Waals surface area contributed by atoms with Crippen LogP contribution in [-0.4, -0.2) is 46.7 Å². The zero-order chi connectivity index (χ0) is 15.7. The van der Waals surface area contributed by atoms with Crippen LogP contribution < -0.4 is 4.74 Å². The second-order valence-electron chi connectivity index (χ2n) is 5.81. The third kappa shape index (κ3) is 2.68. The van der Waals surface area contributed by atoms with E-state index in [4.69, 9.17) is 4.74 Å². The summed E-state index contributed by atoms with van der Waals surface area (Å²) >= 11 is 0. The lowest BCUT2D eigenvalue weighted by Crippen LogP contribution is -2.29. The zero-order valence-corrected chi connectivity index (χ0v) is 13.0. The van der Waals surface area contributed by atoms with Crippen molar-refractivity contribution in [1.82, 2.24) is 9.88 Å². The van der Waals surface area contributed by atoms with E-state index >= 15 is 0 Å². The fraction of sp³-hybridized carbons (Fsp3) is 0.471. The maximum Gasteiger partial charge on any atom is 0.270 e. The van der Waals surface area contributed by atoms with Crippen LogP contribution >= 0.6 is 0 Å². The normalized spacial score (nSPS) is 21.5. The number of benzene rings is 1. The Hall–Kier alpha value is -2.01. The molecule has 1 saturated heterocycles. The zero-order valence-electron chi connectivity index (χ0n) is 13.0. The Bertz CT molecular complexity index is 680. The van der Waals surface area contributed by atoms with Gasteiger partial charge >= 0.3 is 0 Å². The van der Waals surface area contributed by atoms with Crippen LogP contribution in [0.3, 0.4) is 0 Å². The van der Waals surface area contributed by atoms with E-state index in [-0.39, 0.29) is 11.8 Å². The first kappa shape index (κ1) is 14.9. The first-order valence-electron chi connectivity index (χ1n) is 7.85. The smallest absolute Gasteiger partial charge is 0.270 e. The number of hydrogen-bond donors (Lipinski definition) is 2. The summed E-state index contributed by atoms with van der Waals surface area (Å²) in [6.07, 6.45) is 0.470. The molecule has 2 aromatic rings. The lowest BCUT2D eigenvalue weighted by Gasteiger charge is -2.14. The summed E-state index contributed by atoms with van der Waals surface area (Å²) in [6.45, 7) is 5.63. The van der Waals surface area contributed by atoms with Gasteiger partial charge in [-0.15, -0.1) is 0 Å². The fourth-order valence-electron chi connectivity index (χ4n) is 3.07. The molecule has 118 valence electrons. The van der Waals surface area contributed by atoms with Gasteiger partial charge in [0, 0.05) is 36.0 Å². The van der Waals surface area contributed by atoms with E-state index in [1.165, 1.54) is 0 Å². The summed E-state index contributed by atoms with van der Waals surface area (Å²) < 4.78 is 5.48. The lowest BCUT2D eigenvalue weighted by atomic mass is 10.0. The molecule has 2 N–H and O–H groups in total. The first-order valence-corrected chi connectivity index (χ1v) is 7.85. The van der Waals surface area contributed by atoms with E-state index in [2.05, 4.69) is 4.98 Å². The molecule has 0 saturated carbocycles. The number of rotatable bonds is 4. The highest BCUT2D eigenvalue weighted by Gasteiger charge is 2.33. The van der Waals surface area contributed by atoms with Crippen molar-refractivity contribution in [1.29, 1.82) is 0 Å². The number of aliphatic hydroxyl groups is 1. The summed E-state index contributed by atoms with van der Waals surface area (Å²) in [5.41, 5.74) is 1.45. The van der Waals surface area contributed by atoms with Crippen molar-refractivity contribution < 1.29 is 14.6 Å². The number of aromatic amines is 1. The SMILES string of the molecule is CCOc1ccc2cc(C(=O)N3CC(O)C(CC)C3)[nH]c2c1. The van der Waals surface area contributed by atoms with E-state index in [1.54, 1.807) is 4.90 Å². The van der Waals surface area contributed by atoms with Gasteiger partial charge in [-0.3, -0.25) is 4.79 Å². The van der Waals surface area contributed by atoms with Gasteiger partial charge in [0.15, 0.2) is 0 Å². The van der Waals surface area contributed by atoms with Gasteiger partial charge in [0.2, 0.25) is 0 Å². The molecule has 2 atom stereocenters. The van der Waals surface area contributed by atoms with E-state index in [9.17, 15) is 9.90 Å². The fourth-order valence-corrected chi connectivity index (χ4v) is 3.07. The van der Waals surface area contributed by atoms with Gasteiger partial charge in [-0.05, 0) is 31.5 Å². The monoisotopic (exact) mass is 302 g/mol. The Morgan fingerprint density at radius 1 is 1.36 bits per heavy atom. The van der Waals surface area contributed by atoms with Gasteiger partial charge < -0.3 is 19.7 Å². The molecule has 0 aliphatic carbocycles. The number of carbonyl (C=O) groups is 1. The average molecular weight is 302 g/mol. The molecule has 0 spiro atoms. The molecule has 1 fully saturated rings. The number of amides is 1. The summed E-state index contributed by atoms with van der Waals surface area (Å²) in [6, 6.07) is 7.62. The number of nitrogens with zero attached hydrogens (tertiary/aromatic N) is 1. The predicted molar refractivity (Wildman–Crippen MR) is 85.2 cm³/mol. The Balaban J connectivity index is 1.82. The standard InChI is InChI=1S/C17H22N2O3/c1-3-11-9-19(10-16(11)20)17(21)15-7-12-5-6-13(22-4-2)8-14(12)18-15/h5-8,11,16,18,20H,3-4,9-10H2,1-2H3. The number of aromatic nitrogens is 1. The molecule has 3 rings (SSSR count). The van der Waals surface area contributed by atoms with E-state index in [0.717, 1.165) is 23.1 Å². The predicted octanol–water partition coefficient (Wildman–Crippen LogP) is 2.41. The third-order valence-electron chi connectivity index (χ3n) is 4.35. The average Bonchev–Trinajstić information content (AvgIpc) is 3.09. The van der Waals surface area contributed by atoms with Gasteiger partial charge in [0.25, 0.3) is 5.91 Å². The van der Waals surface area contributed by atoms with Crippen molar-refractivity contribution in [3.05, 3.63) is 30.0 Å². The lowest BCUT2D eigenvalue weighted by molar-refractivity contribution is 0.0760. The van der Waals surface area contributed by atoms with Gasteiger partial charge in [-0.1, -0.05) is 6.92 Å². The molecular weight excluding hydrogens is 280 g/mol. The van der Waals surface area contributed by atoms with Crippen molar-refractivity contribution in [2.75, 3.05) is 19.7 Å². The summed E-state index contributed by atoms with van der Waals surface area (Å²) in [7, 11) is 0. The topological polar surface area (TPSA) is 65.6 Å². The van der Waals surface area contributed by atoms with Crippen LogP contribution in [0.4, 0.5) is 0 Å². The van der Waals surface area contributed by atoms with Crippen LogP contribution in [0.5, 0.6) is 5.75 Å². The molecule has 2 heterocycles. The van der Waals surface area contributed by atoms with Crippen LogP contribution in [0.15, 0.2) is 24.3 Å². The number of ether oxygens (including phenoxy) is 1. The number of fused-ring (bicyclic) bond motifs is 1. The molecule has 2 unspecified atom stereocenters. The van der Waals surface area contributed by atoms with E-state index in [0.29, 0.717) is 25.4 Å². The van der Waals surface area contributed by atoms with Crippen LogP contribution in [0.2, 0.25) is 0 Å². The minimum Gasteiger partial charge on any atom is -0.494 e. The summed E-state index contributed by atoms with van der Waals surface area (Å²) in [4.78, 5) is 17.5. The second kappa shape index (κ2) is 6.01. The van der Waals surface area contributed by atoms with Gasteiger partial charge in [-0.25, -0.2) is 0 Å². The molecule has 22 heavy (non-hydrogen) atoms. The van der Waals surface area contributed by atoms with Crippen LogP contribution in [0.1, 0.15) is 30.8 Å². The Labute approximate surface area is 129 Å². The van der Waals surface area contributed by atoms with E-state index < -0.39 is 6.10 Å². The highest BCUT2D eigenvalue weighted by Crippen LogP contribution is 2.25. The Kier molecular flexibility index (Phi) is 4.07. The quantitative estimate of drug-likeness (QED) is 0.911. The molecule has 5 nitrogen and oxygen atoms in total. The molecule has 1 aromatic heterocycles. The third-order valence-corrected chi connectivity index (χ3v) is 4.35. The molecule has 1 amide bonds. The Morgan fingerprint density at radius 3 is 2.86 bits per heavy atom. The molecular formula is C17H22N2O3. The Morgan fingerprint density at radius 2 is 2.18 bits per heavy atom. The minimum absolute atomic E-state index is 0.0517. The van der Waals surface area contributed by atoms with Crippen LogP contribution in [0, 0.1) is 5.92 Å². The van der Waals surface area contributed by atoms with E-state index in [1.807, 2.05) is 38.1 Å². The number of likely N-dealkylation sites (tertiary alicyclic amines) is 1. The van der Waals surface area contributed by atoms with Gasteiger partial charge in [0.05, 0.1) is 12.7 Å². The second-order valence-corrected chi connectivity index (χ2v) is 5.81. The number of H-pyrrole nitrogens is 1. The molecule has 1 aliphatic heterocycles. The van der Waals surface area contributed by atoms with Crippen molar-refractivity contribution in [3.63, 3.8) is 0 Å². The highest BCUT2D eigenvalue weighted by atomic mass is 16.5. The summed E-state index contributed by atoms with van der Waals surface area (Å²) in [5.74, 6) is 0.917. The number of nitrogens with one attached hydrogen (secondary N) is 1. The molecule has 0 radical (unpaired) electrons. The first-order chi connectivity index (χ1) is 10.6. The van der Waals surface area contributed by atoms with Crippen molar-refractivity contribution in [2.45, 2.75) is 26.4 Å². The van der Waals surface area contributed by atoms with Crippen molar-refractivity contribution >= 4 is 16.8 Å². The number of hydrogen-bond acceptors (Lipinski definition) is 3. The number of aliphatic hydroxyl groups excluding tert-OH is 1. The molecule has 0 bridgehead atoms. The number of β-amino-alcohol motifs (C(OH)–C–C–N with tert-alkyl or cyclic N) is 1. The van der Waals surface area contributed by atoms with Crippen molar-refractivity contribution in [3.8, 4) is 5.75 Å².